The highest BCUT2D eigenvalue weighted by molar-refractivity contribution is 5.76. The lowest BCUT2D eigenvalue weighted by Gasteiger charge is -2.36. The van der Waals surface area contributed by atoms with E-state index >= 15 is 0 Å². The number of ether oxygens (including phenoxy) is 1. The van der Waals surface area contributed by atoms with Crippen molar-refractivity contribution in [2.45, 2.75) is 39.0 Å². The molecule has 1 N–H and O–H groups in total. The number of aliphatic hydroxyl groups excluding tert-OH is 1. The molecule has 1 saturated heterocycles. The van der Waals surface area contributed by atoms with Crippen LogP contribution in [0.4, 0.5) is 0 Å². The van der Waals surface area contributed by atoms with E-state index in [1.165, 1.54) is 0 Å². The highest BCUT2D eigenvalue weighted by atomic mass is 16.5. The second-order valence-electron chi connectivity index (χ2n) is 8.48. The number of nitrogens with zero attached hydrogens (tertiary/aromatic N) is 4. The molecule has 0 unspecified atom stereocenters. The summed E-state index contributed by atoms with van der Waals surface area (Å²) in [5.74, 6) is 0. The Bertz CT molecular complexity index is 822. The summed E-state index contributed by atoms with van der Waals surface area (Å²) in [6, 6.07) is 7.45. The van der Waals surface area contributed by atoms with Gasteiger partial charge in [-0.05, 0) is 32.9 Å². The van der Waals surface area contributed by atoms with Gasteiger partial charge in [-0.1, -0.05) is 12.1 Å². The van der Waals surface area contributed by atoms with Crippen molar-refractivity contribution >= 4 is 10.9 Å². The minimum Gasteiger partial charge on any atom is -0.389 e. The molecule has 0 amide bonds. The summed E-state index contributed by atoms with van der Waals surface area (Å²) < 4.78 is 7.35. The molecule has 0 spiro atoms. The molecule has 3 rings (SSSR count). The molecule has 7 nitrogen and oxygen atoms in total. The predicted octanol–water partition coefficient (Wildman–Crippen LogP) is 1.19. The summed E-state index contributed by atoms with van der Waals surface area (Å²) in [5.41, 5.74) is 0.535. The molecular weight excluding hydrogens is 356 g/mol. The van der Waals surface area contributed by atoms with Crippen molar-refractivity contribution in [3.05, 3.63) is 40.9 Å². The molecule has 28 heavy (non-hydrogen) atoms. The van der Waals surface area contributed by atoms with Crippen LogP contribution in [0.5, 0.6) is 0 Å². The maximum atomic E-state index is 12.6. The maximum absolute atomic E-state index is 12.6. The van der Waals surface area contributed by atoms with Gasteiger partial charge >= 0.3 is 0 Å². The maximum Gasteiger partial charge on any atom is 0.261 e. The van der Waals surface area contributed by atoms with Gasteiger partial charge in [-0.15, -0.1) is 0 Å². The summed E-state index contributed by atoms with van der Waals surface area (Å²) in [6.07, 6.45) is 1.18. The van der Waals surface area contributed by atoms with Crippen molar-refractivity contribution in [2.75, 3.05) is 45.9 Å². The fourth-order valence-electron chi connectivity index (χ4n) is 3.41. The average molecular weight is 389 g/mol. The molecule has 0 radical (unpaired) electrons. The van der Waals surface area contributed by atoms with Gasteiger partial charge in [0.25, 0.3) is 5.56 Å². The molecule has 154 valence electrons. The zero-order valence-electron chi connectivity index (χ0n) is 17.2. The first-order valence-corrected chi connectivity index (χ1v) is 10.0. The van der Waals surface area contributed by atoms with Crippen LogP contribution < -0.4 is 5.56 Å². The van der Waals surface area contributed by atoms with Crippen LogP contribution in [0.2, 0.25) is 0 Å². The van der Waals surface area contributed by atoms with Gasteiger partial charge in [0, 0.05) is 45.8 Å². The molecule has 1 aromatic heterocycles. The largest absolute Gasteiger partial charge is 0.389 e. The third-order valence-electron chi connectivity index (χ3n) is 5.03. The highest BCUT2D eigenvalue weighted by Gasteiger charge is 2.20. The Morgan fingerprint density at radius 2 is 1.79 bits per heavy atom. The van der Waals surface area contributed by atoms with Crippen LogP contribution in [0.25, 0.3) is 10.9 Å². The van der Waals surface area contributed by atoms with Gasteiger partial charge < -0.3 is 9.84 Å². The molecule has 2 aromatic rings. The fraction of sp³-hybridized carbons (Fsp3) is 0.619. The van der Waals surface area contributed by atoms with Gasteiger partial charge in [-0.2, -0.15) is 0 Å². The Morgan fingerprint density at radius 1 is 1.11 bits per heavy atom. The van der Waals surface area contributed by atoms with E-state index in [-0.39, 0.29) is 11.2 Å². The molecule has 1 aliphatic rings. The second kappa shape index (κ2) is 9.13. The number of β-amino-alcohol motifs (C(OH)–C–C–N with tert-alkyl or cyclic N) is 1. The number of hydrogen-bond acceptors (Lipinski definition) is 6. The minimum atomic E-state index is -0.465. The summed E-state index contributed by atoms with van der Waals surface area (Å²) >= 11 is 0. The van der Waals surface area contributed by atoms with Gasteiger partial charge in [0.2, 0.25) is 0 Å². The van der Waals surface area contributed by atoms with Crippen LogP contribution in [0.15, 0.2) is 35.4 Å². The number of fused-ring (bicyclic) bond motifs is 1. The monoisotopic (exact) mass is 388 g/mol. The standard InChI is InChI=1S/C21H32N4O3/c1-21(2,3)28-15-17(26)14-24-10-8-23(9-11-24)12-13-25-16-22-19-7-5-4-6-18(19)20(25)27/h4-7,16-17,26H,8-15H2,1-3H3/t17-/m0/s1. The Hall–Kier alpha value is -1.80. The number of aromatic nitrogens is 2. The zero-order valence-corrected chi connectivity index (χ0v) is 17.2. The Labute approximate surface area is 166 Å². The second-order valence-corrected chi connectivity index (χ2v) is 8.48. The molecule has 1 aliphatic heterocycles. The number of rotatable bonds is 7. The van der Waals surface area contributed by atoms with E-state index in [4.69, 9.17) is 4.74 Å². The quantitative estimate of drug-likeness (QED) is 0.768. The van der Waals surface area contributed by atoms with Crippen LogP contribution in [0, 0.1) is 0 Å². The van der Waals surface area contributed by atoms with E-state index < -0.39 is 6.10 Å². The fourth-order valence-corrected chi connectivity index (χ4v) is 3.41. The van der Waals surface area contributed by atoms with Crippen LogP contribution in [-0.2, 0) is 11.3 Å². The van der Waals surface area contributed by atoms with Gasteiger partial charge in [0.15, 0.2) is 0 Å². The van der Waals surface area contributed by atoms with E-state index in [1.54, 1.807) is 10.9 Å². The van der Waals surface area contributed by atoms with Crippen molar-refractivity contribution in [3.63, 3.8) is 0 Å². The van der Waals surface area contributed by atoms with Crippen molar-refractivity contribution in [1.82, 2.24) is 19.4 Å². The van der Waals surface area contributed by atoms with Crippen molar-refractivity contribution in [2.24, 2.45) is 0 Å². The Balaban J connectivity index is 1.44. The lowest BCUT2D eigenvalue weighted by molar-refractivity contribution is -0.0586. The third-order valence-corrected chi connectivity index (χ3v) is 5.03. The number of hydrogen-bond donors (Lipinski definition) is 1. The SMILES string of the molecule is CC(C)(C)OC[C@@H](O)CN1CCN(CCn2cnc3ccccc3c2=O)CC1. The Morgan fingerprint density at radius 3 is 2.50 bits per heavy atom. The number of aliphatic hydroxyl groups is 1. The van der Waals surface area contributed by atoms with Crippen LogP contribution in [0.3, 0.4) is 0 Å². The molecule has 1 fully saturated rings. The Kier molecular flexibility index (Phi) is 6.82. The van der Waals surface area contributed by atoms with Gasteiger partial charge in [0.1, 0.15) is 0 Å². The average Bonchev–Trinajstić information content (AvgIpc) is 2.67. The lowest BCUT2D eigenvalue weighted by atomic mass is 10.2. The van der Waals surface area contributed by atoms with Gasteiger partial charge in [0.05, 0.1) is 35.5 Å². The van der Waals surface area contributed by atoms with Crippen LogP contribution in [-0.4, -0.2) is 82.0 Å². The zero-order chi connectivity index (χ0) is 20.1. The van der Waals surface area contributed by atoms with Crippen LogP contribution in [0.1, 0.15) is 20.8 Å². The van der Waals surface area contributed by atoms with Crippen molar-refractivity contribution in [1.29, 1.82) is 0 Å². The smallest absolute Gasteiger partial charge is 0.261 e. The highest BCUT2D eigenvalue weighted by Crippen LogP contribution is 2.09. The number of piperazine rings is 1. The summed E-state index contributed by atoms with van der Waals surface area (Å²) in [5, 5.41) is 10.8. The van der Waals surface area contributed by atoms with E-state index in [2.05, 4.69) is 14.8 Å². The first kappa shape index (κ1) is 20.9. The molecule has 1 atom stereocenters. The van der Waals surface area contributed by atoms with E-state index in [1.807, 2.05) is 45.0 Å². The topological polar surface area (TPSA) is 70.8 Å². The first-order chi connectivity index (χ1) is 13.3. The lowest BCUT2D eigenvalue weighted by Crippen LogP contribution is -2.50. The summed E-state index contributed by atoms with van der Waals surface area (Å²) in [6.45, 7) is 12.1. The van der Waals surface area contributed by atoms with Gasteiger partial charge in [-0.3, -0.25) is 19.2 Å². The minimum absolute atomic E-state index is 0.0196. The normalized spacial score (nSPS) is 17.9. The first-order valence-electron chi connectivity index (χ1n) is 10.0. The molecule has 2 heterocycles. The molecule has 0 saturated carbocycles. The van der Waals surface area contributed by atoms with Gasteiger partial charge in [-0.25, -0.2) is 4.98 Å². The van der Waals surface area contributed by atoms with E-state index in [0.717, 1.165) is 38.2 Å². The van der Waals surface area contributed by atoms with Crippen molar-refractivity contribution < 1.29 is 9.84 Å². The summed E-state index contributed by atoms with van der Waals surface area (Å²) in [4.78, 5) is 21.6. The molecule has 7 heteroatoms. The summed E-state index contributed by atoms with van der Waals surface area (Å²) in [7, 11) is 0. The van der Waals surface area contributed by atoms with E-state index in [9.17, 15) is 9.90 Å². The molecule has 0 bridgehead atoms. The number of para-hydroxylation sites is 1. The predicted molar refractivity (Wildman–Crippen MR) is 111 cm³/mol. The molecular formula is C21H32N4O3. The number of benzene rings is 1. The molecule has 0 aliphatic carbocycles. The third kappa shape index (κ3) is 5.85. The van der Waals surface area contributed by atoms with Crippen LogP contribution >= 0.6 is 0 Å². The van der Waals surface area contributed by atoms with Crippen molar-refractivity contribution in [3.8, 4) is 0 Å². The van der Waals surface area contributed by atoms with E-state index in [0.29, 0.717) is 25.1 Å². The molecule has 1 aromatic carbocycles.